The lowest BCUT2D eigenvalue weighted by Crippen LogP contribution is -2.29. The van der Waals surface area contributed by atoms with E-state index < -0.39 is 0 Å². The molecule has 0 saturated carbocycles. The molecule has 3 N–H and O–H groups in total. The van der Waals surface area contributed by atoms with Crippen LogP contribution in [0.2, 0.25) is 0 Å². The normalized spacial score (nSPS) is 12.7. The van der Waals surface area contributed by atoms with Gasteiger partial charge in [0.2, 0.25) is 0 Å². The molecule has 1 unspecified atom stereocenters. The molecule has 1 aromatic carbocycles. The van der Waals surface area contributed by atoms with Gasteiger partial charge in [-0.1, -0.05) is 38.1 Å². The summed E-state index contributed by atoms with van der Waals surface area (Å²) in [6, 6.07) is 10.8. The van der Waals surface area contributed by atoms with Crippen LogP contribution < -0.4 is 16.0 Å². The molecule has 0 fully saturated rings. The third-order valence-electron chi connectivity index (χ3n) is 3.48. The fraction of sp³-hybridized carbons (Fsp3) is 0.375. The minimum Gasteiger partial charge on any atom is -0.496 e. The van der Waals surface area contributed by atoms with Gasteiger partial charge in [0.05, 0.1) is 18.0 Å². The summed E-state index contributed by atoms with van der Waals surface area (Å²) in [6.45, 7) is 4.41. The van der Waals surface area contributed by atoms with Gasteiger partial charge in [0.1, 0.15) is 5.75 Å². The Bertz CT molecular complexity index is 534. The second-order valence-corrected chi connectivity index (χ2v) is 6.12. The van der Waals surface area contributed by atoms with Crippen molar-refractivity contribution in [1.82, 2.24) is 5.43 Å². The number of thiophene rings is 1. The van der Waals surface area contributed by atoms with Gasteiger partial charge < -0.3 is 4.74 Å². The van der Waals surface area contributed by atoms with Gasteiger partial charge in [-0.2, -0.15) is 0 Å². The van der Waals surface area contributed by atoms with Gasteiger partial charge in [0.15, 0.2) is 0 Å². The van der Waals surface area contributed by atoms with E-state index in [-0.39, 0.29) is 6.04 Å². The molecule has 4 heteroatoms. The van der Waals surface area contributed by atoms with Gasteiger partial charge in [-0.05, 0) is 34.9 Å². The Morgan fingerprint density at radius 3 is 2.45 bits per heavy atom. The summed E-state index contributed by atoms with van der Waals surface area (Å²) >= 11 is 1.67. The van der Waals surface area contributed by atoms with Crippen molar-refractivity contribution >= 4 is 11.3 Å². The second kappa shape index (κ2) is 6.88. The minimum absolute atomic E-state index is 0.0786. The van der Waals surface area contributed by atoms with Crippen LogP contribution in [0.15, 0.2) is 35.7 Å². The molecule has 1 aromatic heterocycles. The van der Waals surface area contributed by atoms with E-state index in [1.807, 2.05) is 11.4 Å². The maximum Gasteiger partial charge on any atom is 0.134 e. The highest BCUT2D eigenvalue weighted by Crippen LogP contribution is 2.32. The topological polar surface area (TPSA) is 47.3 Å². The van der Waals surface area contributed by atoms with Gasteiger partial charge in [0, 0.05) is 0 Å². The van der Waals surface area contributed by atoms with Crippen LogP contribution in [0.1, 0.15) is 41.8 Å². The van der Waals surface area contributed by atoms with Gasteiger partial charge in [0.25, 0.3) is 0 Å². The molecule has 2 aromatic rings. The maximum absolute atomic E-state index is 5.71. The van der Waals surface area contributed by atoms with E-state index in [4.69, 9.17) is 10.6 Å². The molecule has 2 rings (SSSR count). The van der Waals surface area contributed by atoms with Crippen molar-refractivity contribution in [3.05, 3.63) is 51.7 Å². The third-order valence-corrected chi connectivity index (χ3v) is 4.49. The Morgan fingerprint density at radius 1 is 1.20 bits per heavy atom. The standard InChI is InChI=1S/C16H22N2OS/c1-11(2)13-6-4-12(5-7-13)10-14(18-17)16-15(19-3)8-9-20-16/h4-9,11,14,18H,10,17H2,1-3H3. The van der Waals surface area contributed by atoms with Crippen molar-refractivity contribution in [2.75, 3.05) is 7.11 Å². The predicted molar refractivity (Wildman–Crippen MR) is 85.2 cm³/mol. The highest BCUT2D eigenvalue weighted by atomic mass is 32.1. The van der Waals surface area contributed by atoms with Crippen LogP contribution in [0.4, 0.5) is 0 Å². The first-order valence-corrected chi connectivity index (χ1v) is 7.70. The number of rotatable bonds is 6. The van der Waals surface area contributed by atoms with Gasteiger partial charge in [-0.3, -0.25) is 11.3 Å². The van der Waals surface area contributed by atoms with Crippen LogP contribution in [0.3, 0.4) is 0 Å². The highest BCUT2D eigenvalue weighted by molar-refractivity contribution is 7.10. The molecule has 20 heavy (non-hydrogen) atoms. The number of nitrogens with two attached hydrogens (primary N) is 1. The zero-order valence-electron chi connectivity index (χ0n) is 12.2. The number of nitrogens with one attached hydrogen (secondary N) is 1. The van der Waals surface area contributed by atoms with Crippen LogP contribution in [0.25, 0.3) is 0 Å². The van der Waals surface area contributed by atoms with Crippen LogP contribution in [0, 0.1) is 0 Å². The molecule has 3 nitrogen and oxygen atoms in total. The van der Waals surface area contributed by atoms with Crippen LogP contribution in [-0.2, 0) is 6.42 Å². The van der Waals surface area contributed by atoms with Crippen molar-refractivity contribution in [3.8, 4) is 5.75 Å². The summed E-state index contributed by atoms with van der Waals surface area (Å²) in [4.78, 5) is 1.14. The largest absolute Gasteiger partial charge is 0.496 e. The van der Waals surface area contributed by atoms with E-state index in [2.05, 4.69) is 43.5 Å². The zero-order valence-corrected chi connectivity index (χ0v) is 13.0. The van der Waals surface area contributed by atoms with Crippen LogP contribution in [0.5, 0.6) is 5.75 Å². The van der Waals surface area contributed by atoms with Gasteiger partial charge in [-0.15, -0.1) is 11.3 Å². The minimum atomic E-state index is 0.0786. The quantitative estimate of drug-likeness (QED) is 0.631. The molecule has 0 amide bonds. The molecule has 108 valence electrons. The summed E-state index contributed by atoms with van der Waals surface area (Å²) in [6.07, 6.45) is 0.853. The number of benzene rings is 1. The van der Waals surface area contributed by atoms with Crippen molar-refractivity contribution in [2.45, 2.75) is 32.2 Å². The fourth-order valence-corrected chi connectivity index (χ4v) is 3.15. The Kier molecular flexibility index (Phi) is 5.17. The molecule has 0 bridgehead atoms. The molecular formula is C16H22N2OS. The lowest BCUT2D eigenvalue weighted by molar-refractivity contribution is 0.403. The predicted octanol–water partition coefficient (Wildman–Crippen LogP) is 3.63. The Morgan fingerprint density at radius 2 is 1.90 bits per heavy atom. The van der Waals surface area contributed by atoms with Crippen molar-refractivity contribution in [1.29, 1.82) is 0 Å². The first kappa shape index (κ1) is 15.0. The Labute approximate surface area is 124 Å². The molecule has 0 aliphatic rings. The molecule has 0 spiro atoms. The molecule has 0 aliphatic heterocycles. The highest BCUT2D eigenvalue weighted by Gasteiger charge is 2.17. The van der Waals surface area contributed by atoms with Gasteiger partial charge in [-0.25, -0.2) is 0 Å². The number of hydrogen-bond acceptors (Lipinski definition) is 4. The third kappa shape index (κ3) is 3.39. The zero-order chi connectivity index (χ0) is 14.5. The number of ether oxygens (including phenoxy) is 1. The maximum atomic E-state index is 5.71. The van der Waals surface area contributed by atoms with E-state index in [1.165, 1.54) is 11.1 Å². The molecule has 0 radical (unpaired) electrons. The number of hydrazine groups is 1. The Balaban J connectivity index is 2.14. The first-order chi connectivity index (χ1) is 9.65. The van der Waals surface area contributed by atoms with Crippen LogP contribution >= 0.6 is 11.3 Å². The molecule has 0 aliphatic carbocycles. The van der Waals surface area contributed by atoms with E-state index in [9.17, 15) is 0 Å². The smallest absolute Gasteiger partial charge is 0.134 e. The molecule has 1 heterocycles. The molecule has 0 saturated heterocycles. The second-order valence-electron chi connectivity index (χ2n) is 5.17. The lowest BCUT2D eigenvalue weighted by Gasteiger charge is -2.16. The van der Waals surface area contributed by atoms with E-state index in [1.54, 1.807) is 18.4 Å². The summed E-state index contributed by atoms with van der Waals surface area (Å²) in [5.74, 6) is 7.17. The fourth-order valence-electron chi connectivity index (χ4n) is 2.23. The SMILES string of the molecule is COc1ccsc1C(Cc1ccc(C(C)C)cc1)NN. The number of hydrogen-bond donors (Lipinski definition) is 2. The first-order valence-electron chi connectivity index (χ1n) is 6.82. The summed E-state index contributed by atoms with van der Waals surface area (Å²) in [5, 5.41) is 2.03. The lowest BCUT2D eigenvalue weighted by atomic mass is 9.99. The van der Waals surface area contributed by atoms with Gasteiger partial charge >= 0.3 is 0 Å². The number of methoxy groups -OCH3 is 1. The summed E-state index contributed by atoms with van der Waals surface area (Å²) < 4.78 is 5.37. The monoisotopic (exact) mass is 290 g/mol. The van der Waals surface area contributed by atoms with Crippen molar-refractivity contribution in [2.24, 2.45) is 5.84 Å². The summed E-state index contributed by atoms with van der Waals surface area (Å²) in [5.41, 5.74) is 5.53. The van der Waals surface area contributed by atoms with E-state index >= 15 is 0 Å². The van der Waals surface area contributed by atoms with Crippen molar-refractivity contribution in [3.63, 3.8) is 0 Å². The molecule has 1 atom stereocenters. The van der Waals surface area contributed by atoms with Crippen molar-refractivity contribution < 1.29 is 4.74 Å². The summed E-state index contributed by atoms with van der Waals surface area (Å²) in [7, 11) is 1.69. The van der Waals surface area contributed by atoms with E-state index in [0.717, 1.165) is 17.0 Å². The molecular weight excluding hydrogens is 268 g/mol. The Hall–Kier alpha value is -1.36. The van der Waals surface area contributed by atoms with Crippen LogP contribution in [-0.4, -0.2) is 7.11 Å². The average molecular weight is 290 g/mol. The average Bonchev–Trinajstić information content (AvgIpc) is 2.93. The van der Waals surface area contributed by atoms with E-state index in [0.29, 0.717) is 5.92 Å².